The van der Waals surface area contributed by atoms with E-state index in [1.54, 1.807) is 12.1 Å². The maximum absolute atomic E-state index is 10.7. The molecule has 0 spiro atoms. The van der Waals surface area contributed by atoms with Crippen LogP contribution in [0.4, 0.5) is 0 Å². The summed E-state index contributed by atoms with van der Waals surface area (Å²) in [6, 6.07) is 17.1. The molecule has 0 saturated carbocycles. The summed E-state index contributed by atoms with van der Waals surface area (Å²) in [6.45, 7) is -0.132. The van der Waals surface area contributed by atoms with Crippen molar-refractivity contribution in [1.29, 1.82) is 0 Å². The van der Waals surface area contributed by atoms with Crippen LogP contribution in [0.25, 0.3) is 11.4 Å². The van der Waals surface area contributed by atoms with Crippen LogP contribution in [0.5, 0.6) is 5.75 Å². The monoisotopic (exact) mass is 355 g/mol. The molecule has 0 aliphatic rings. The summed E-state index contributed by atoms with van der Waals surface area (Å²) in [5.74, 6) is 7.50. The molecule has 0 atom stereocenters. The van der Waals surface area contributed by atoms with Crippen molar-refractivity contribution in [3.8, 4) is 17.1 Å². The lowest BCUT2D eigenvalue weighted by Crippen LogP contribution is -2.19. The normalized spacial score (nSPS) is 10.6. The van der Waals surface area contributed by atoms with E-state index >= 15 is 0 Å². The Bertz CT molecular complexity index is 849. The van der Waals surface area contributed by atoms with Crippen LogP contribution in [0, 0.1) is 0 Å². The van der Waals surface area contributed by atoms with Crippen molar-refractivity contribution in [2.75, 3.05) is 12.4 Å². The molecule has 0 aliphatic carbocycles. The third-order valence-corrected chi connectivity index (χ3v) is 4.38. The Morgan fingerprint density at radius 1 is 1.08 bits per heavy atom. The van der Waals surface area contributed by atoms with Crippen molar-refractivity contribution < 1.29 is 9.53 Å². The molecule has 128 valence electrons. The maximum atomic E-state index is 10.7. The average Bonchev–Trinajstić information content (AvgIpc) is 3.00. The van der Waals surface area contributed by atoms with E-state index in [4.69, 9.17) is 16.3 Å². The standard InChI is InChI=1S/C17H17N5O2S/c18-15(23)10-24-14-8-6-12(7-9-14)11-25-17-21-20-16(22(17)19)13-4-2-1-3-5-13/h1-9H,10-11,19H2,(H2,18,23). The fourth-order valence-corrected chi connectivity index (χ4v) is 2.96. The zero-order valence-corrected chi connectivity index (χ0v) is 14.1. The Morgan fingerprint density at radius 2 is 1.80 bits per heavy atom. The zero-order valence-electron chi connectivity index (χ0n) is 13.3. The fraction of sp³-hybridized carbons (Fsp3) is 0.118. The van der Waals surface area contributed by atoms with Crippen molar-refractivity contribution in [2.45, 2.75) is 10.9 Å². The first-order chi connectivity index (χ1) is 12.1. The van der Waals surface area contributed by atoms with Gasteiger partial charge in [0.15, 0.2) is 12.4 Å². The van der Waals surface area contributed by atoms with Crippen LogP contribution in [0.3, 0.4) is 0 Å². The van der Waals surface area contributed by atoms with E-state index in [9.17, 15) is 4.79 Å². The van der Waals surface area contributed by atoms with Crippen molar-refractivity contribution in [3.63, 3.8) is 0 Å². The summed E-state index contributed by atoms with van der Waals surface area (Å²) in [5.41, 5.74) is 7.03. The number of thioether (sulfide) groups is 1. The highest BCUT2D eigenvalue weighted by Crippen LogP contribution is 2.25. The smallest absolute Gasteiger partial charge is 0.255 e. The number of amides is 1. The first kappa shape index (κ1) is 16.8. The number of nitrogen functional groups attached to an aromatic ring is 1. The molecule has 3 aromatic rings. The number of ether oxygens (including phenoxy) is 1. The van der Waals surface area contributed by atoms with Crippen LogP contribution < -0.4 is 16.3 Å². The third-order valence-electron chi connectivity index (χ3n) is 3.37. The number of hydrogen-bond donors (Lipinski definition) is 2. The van der Waals surface area contributed by atoms with E-state index < -0.39 is 5.91 Å². The lowest BCUT2D eigenvalue weighted by atomic mass is 10.2. The topological polar surface area (TPSA) is 109 Å². The quantitative estimate of drug-likeness (QED) is 0.494. The van der Waals surface area contributed by atoms with Crippen LogP contribution in [0.2, 0.25) is 0 Å². The van der Waals surface area contributed by atoms with Gasteiger partial charge in [0.1, 0.15) is 5.75 Å². The van der Waals surface area contributed by atoms with Gasteiger partial charge in [-0.2, -0.15) is 0 Å². The largest absolute Gasteiger partial charge is 0.484 e. The van der Waals surface area contributed by atoms with Gasteiger partial charge in [-0.3, -0.25) is 4.79 Å². The minimum atomic E-state index is -0.504. The van der Waals surface area contributed by atoms with Gasteiger partial charge in [-0.15, -0.1) is 10.2 Å². The average molecular weight is 355 g/mol. The molecule has 1 aromatic heterocycles. The second-order valence-electron chi connectivity index (χ2n) is 5.23. The number of hydrogen-bond acceptors (Lipinski definition) is 6. The summed E-state index contributed by atoms with van der Waals surface area (Å²) < 4.78 is 6.72. The van der Waals surface area contributed by atoms with Crippen LogP contribution in [-0.4, -0.2) is 27.4 Å². The van der Waals surface area contributed by atoms with Gasteiger partial charge in [0.2, 0.25) is 5.16 Å². The highest BCUT2D eigenvalue weighted by Gasteiger charge is 2.12. The summed E-state index contributed by atoms with van der Waals surface area (Å²) in [6.07, 6.45) is 0. The van der Waals surface area contributed by atoms with Crippen LogP contribution in [0.15, 0.2) is 59.8 Å². The number of nitrogens with two attached hydrogens (primary N) is 2. The van der Waals surface area contributed by atoms with Crippen molar-refractivity contribution in [1.82, 2.24) is 14.9 Å². The molecule has 0 aliphatic heterocycles. The second-order valence-corrected chi connectivity index (χ2v) is 6.17. The molecule has 1 heterocycles. The molecule has 0 bridgehead atoms. The SMILES string of the molecule is NC(=O)COc1ccc(CSc2nnc(-c3ccccc3)n2N)cc1. The molecule has 4 N–H and O–H groups in total. The van der Waals surface area contributed by atoms with Gasteiger partial charge < -0.3 is 16.3 Å². The van der Waals surface area contributed by atoms with Gasteiger partial charge >= 0.3 is 0 Å². The Labute approximate surface area is 149 Å². The fourth-order valence-electron chi connectivity index (χ4n) is 2.14. The van der Waals surface area contributed by atoms with Gasteiger partial charge in [-0.1, -0.05) is 54.2 Å². The zero-order chi connectivity index (χ0) is 17.6. The summed E-state index contributed by atoms with van der Waals surface area (Å²) in [7, 11) is 0. The lowest BCUT2D eigenvalue weighted by Gasteiger charge is -2.06. The van der Waals surface area contributed by atoms with E-state index in [2.05, 4.69) is 10.2 Å². The minimum Gasteiger partial charge on any atom is -0.484 e. The lowest BCUT2D eigenvalue weighted by molar-refractivity contribution is -0.119. The van der Waals surface area contributed by atoms with Gasteiger partial charge in [0.05, 0.1) is 0 Å². The number of aromatic nitrogens is 3. The molecule has 8 heteroatoms. The molecule has 0 radical (unpaired) electrons. The molecule has 3 rings (SSSR count). The highest BCUT2D eigenvalue weighted by atomic mass is 32.2. The van der Waals surface area contributed by atoms with Crippen LogP contribution >= 0.6 is 11.8 Å². The maximum Gasteiger partial charge on any atom is 0.255 e. The molecule has 1 amide bonds. The van der Waals surface area contributed by atoms with Gasteiger partial charge in [-0.05, 0) is 17.7 Å². The Kier molecular flexibility index (Phi) is 5.20. The second kappa shape index (κ2) is 7.71. The number of benzene rings is 2. The number of nitrogens with zero attached hydrogens (tertiary/aromatic N) is 3. The Balaban J connectivity index is 1.62. The first-order valence-electron chi connectivity index (χ1n) is 7.52. The molecule has 0 fully saturated rings. The van der Waals surface area contributed by atoms with Gasteiger partial charge in [0.25, 0.3) is 5.91 Å². The first-order valence-corrected chi connectivity index (χ1v) is 8.51. The summed E-state index contributed by atoms with van der Waals surface area (Å²) in [5, 5.41) is 8.94. The van der Waals surface area contributed by atoms with E-state index in [-0.39, 0.29) is 6.61 Å². The predicted molar refractivity (Wildman–Crippen MR) is 96.3 cm³/mol. The number of primary amides is 1. The van der Waals surface area contributed by atoms with Gasteiger partial charge in [0, 0.05) is 11.3 Å². The highest BCUT2D eigenvalue weighted by molar-refractivity contribution is 7.98. The summed E-state index contributed by atoms with van der Waals surface area (Å²) in [4.78, 5) is 10.7. The molecular formula is C17H17N5O2S. The molecule has 2 aromatic carbocycles. The predicted octanol–water partition coefficient (Wildman–Crippen LogP) is 1.82. The van der Waals surface area contributed by atoms with Crippen LogP contribution in [-0.2, 0) is 10.5 Å². The van der Waals surface area contributed by atoms with Gasteiger partial charge in [-0.25, -0.2) is 4.68 Å². The van der Waals surface area contributed by atoms with E-state index in [1.165, 1.54) is 16.4 Å². The molecule has 25 heavy (non-hydrogen) atoms. The minimum absolute atomic E-state index is 0.132. The number of carbonyl (C=O) groups excluding carboxylic acids is 1. The Hall–Kier alpha value is -3.00. The Morgan fingerprint density at radius 3 is 2.48 bits per heavy atom. The number of rotatable bonds is 7. The van der Waals surface area contributed by atoms with Crippen molar-refractivity contribution in [2.24, 2.45) is 5.73 Å². The van der Waals surface area contributed by atoms with Crippen LogP contribution in [0.1, 0.15) is 5.56 Å². The van der Waals surface area contributed by atoms with E-state index in [0.717, 1.165) is 11.1 Å². The molecular weight excluding hydrogens is 338 g/mol. The summed E-state index contributed by atoms with van der Waals surface area (Å²) >= 11 is 1.49. The van der Waals surface area contributed by atoms with Crippen molar-refractivity contribution in [3.05, 3.63) is 60.2 Å². The third kappa shape index (κ3) is 4.30. The van der Waals surface area contributed by atoms with Crippen molar-refractivity contribution >= 4 is 17.7 Å². The molecule has 7 nitrogen and oxygen atoms in total. The molecule has 0 unspecified atom stereocenters. The molecule has 0 saturated heterocycles. The van der Waals surface area contributed by atoms with E-state index in [0.29, 0.717) is 22.5 Å². The number of carbonyl (C=O) groups is 1. The van der Waals surface area contributed by atoms with E-state index in [1.807, 2.05) is 42.5 Å².